The Hall–Kier alpha value is -2.00. The average Bonchev–Trinajstić information content (AvgIpc) is 3.28. The number of hydrogen-bond donors (Lipinski definition) is 1. The van der Waals surface area contributed by atoms with E-state index in [-0.39, 0.29) is 24.2 Å². The first-order chi connectivity index (χ1) is 10.9. The Morgan fingerprint density at radius 2 is 2.22 bits per heavy atom. The summed E-state index contributed by atoms with van der Waals surface area (Å²) >= 11 is -1.15. The molecule has 1 fully saturated rings. The molecular formula is C14H19N3O5S. The van der Waals surface area contributed by atoms with Crippen molar-refractivity contribution in [2.75, 3.05) is 24.9 Å². The van der Waals surface area contributed by atoms with Crippen molar-refractivity contribution in [3.05, 3.63) is 33.9 Å². The van der Waals surface area contributed by atoms with Gasteiger partial charge in [-0.25, -0.2) is 4.79 Å². The fourth-order valence-corrected chi connectivity index (χ4v) is 2.72. The van der Waals surface area contributed by atoms with Crippen LogP contribution in [0.15, 0.2) is 18.2 Å². The maximum atomic E-state index is 11.5. The Morgan fingerprint density at radius 1 is 1.52 bits per heavy atom. The first kappa shape index (κ1) is 17.4. The van der Waals surface area contributed by atoms with Crippen LogP contribution in [-0.2, 0) is 21.7 Å². The molecule has 1 aromatic rings. The average molecular weight is 341 g/mol. The molecule has 1 amide bonds. The molecule has 1 unspecified atom stereocenters. The number of carbonyl (C=O) groups is 1. The minimum absolute atomic E-state index is 0.000284. The first-order valence-corrected chi connectivity index (χ1v) is 8.81. The van der Waals surface area contributed by atoms with Crippen LogP contribution in [0.3, 0.4) is 0 Å². The fourth-order valence-electron chi connectivity index (χ4n) is 2.05. The molecular weight excluding hydrogens is 322 g/mol. The molecule has 0 aromatic heterocycles. The summed E-state index contributed by atoms with van der Waals surface area (Å²) in [6.07, 6.45) is 2.99. The minimum atomic E-state index is -1.15. The first-order valence-electron chi connectivity index (χ1n) is 7.08. The molecule has 9 heteroatoms. The summed E-state index contributed by atoms with van der Waals surface area (Å²) in [5.74, 6) is 0.190. The van der Waals surface area contributed by atoms with Gasteiger partial charge in [-0.05, 0) is 18.9 Å². The lowest BCUT2D eigenvalue weighted by molar-refractivity contribution is -0.384. The van der Waals surface area contributed by atoms with Crippen molar-refractivity contribution in [1.29, 1.82) is 0 Å². The van der Waals surface area contributed by atoms with Crippen LogP contribution >= 0.6 is 0 Å². The number of non-ortho nitro benzene ring substituents is 1. The lowest BCUT2D eigenvalue weighted by atomic mass is 10.1. The van der Waals surface area contributed by atoms with Crippen molar-refractivity contribution in [1.82, 2.24) is 5.32 Å². The van der Waals surface area contributed by atoms with Crippen molar-refractivity contribution >= 4 is 28.6 Å². The summed E-state index contributed by atoms with van der Waals surface area (Å²) in [4.78, 5) is 23.6. The molecule has 0 bridgehead atoms. The number of nitro groups is 1. The van der Waals surface area contributed by atoms with Crippen LogP contribution in [-0.4, -0.2) is 41.6 Å². The van der Waals surface area contributed by atoms with E-state index < -0.39 is 22.2 Å². The van der Waals surface area contributed by atoms with Gasteiger partial charge in [0, 0.05) is 36.5 Å². The third kappa shape index (κ3) is 5.29. The van der Waals surface area contributed by atoms with E-state index in [0.29, 0.717) is 11.3 Å². The Bertz CT molecular complexity index is 592. The van der Waals surface area contributed by atoms with Crippen molar-refractivity contribution in [2.45, 2.75) is 24.6 Å². The van der Waals surface area contributed by atoms with E-state index in [1.165, 1.54) is 18.4 Å². The minimum Gasteiger partial charge on any atom is -0.616 e. The maximum absolute atomic E-state index is 11.5. The number of nitrogens with one attached hydrogen (secondary N) is 1. The fraction of sp³-hybridized carbons (Fsp3) is 0.500. The van der Waals surface area contributed by atoms with Crippen molar-refractivity contribution < 1.29 is 19.0 Å². The molecule has 23 heavy (non-hydrogen) atoms. The number of hydrogen-bond acceptors (Lipinski definition) is 6. The predicted molar refractivity (Wildman–Crippen MR) is 86.8 cm³/mol. The molecule has 8 nitrogen and oxygen atoms in total. The lowest BCUT2D eigenvalue weighted by Gasteiger charge is -2.22. The zero-order valence-electron chi connectivity index (χ0n) is 13.0. The standard InChI is InChI=1S/C14H19N3O5S/c1-16(9-22-14(18)15-11-3-4-11)13-6-5-12(17(19)20)7-10(13)8-23(2)21/h5-7,11H,3-4,8-9H2,1-2H3,(H,15,18). The highest BCUT2D eigenvalue weighted by molar-refractivity contribution is 7.89. The number of benzene rings is 1. The second-order valence-corrected chi connectivity index (χ2v) is 6.90. The molecule has 0 heterocycles. The molecule has 1 aliphatic rings. The van der Waals surface area contributed by atoms with Crippen LogP contribution in [0.4, 0.5) is 16.2 Å². The van der Waals surface area contributed by atoms with E-state index in [9.17, 15) is 19.5 Å². The van der Waals surface area contributed by atoms with Crippen molar-refractivity contribution in [3.63, 3.8) is 0 Å². The van der Waals surface area contributed by atoms with Crippen LogP contribution in [0.5, 0.6) is 0 Å². The van der Waals surface area contributed by atoms with Crippen LogP contribution in [0, 0.1) is 10.1 Å². The van der Waals surface area contributed by atoms with Gasteiger partial charge in [0.2, 0.25) is 0 Å². The van der Waals surface area contributed by atoms with E-state index in [0.717, 1.165) is 12.8 Å². The van der Waals surface area contributed by atoms with Gasteiger partial charge in [0.25, 0.3) is 5.69 Å². The molecule has 2 rings (SSSR count). The molecule has 1 N–H and O–H groups in total. The number of nitrogens with zero attached hydrogens (tertiary/aromatic N) is 2. The van der Waals surface area contributed by atoms with Gasteiger partial charge in [0.15, 0.2) is 6.73 Å². The molecule has 1 aromatic carbocycles. The largest absolute Gasteiger partial charge is 0.616 e. The Morgan fingerprint density at radius 3 is 2.78 bits per heavy atom. The number of ether oxygens (including phenoxy) is 1. The molecule has 1 saturated carbocycles. The number of alkyl carbamates (subject to hydrolysis) is 1. The Labute approximate surface area is 137 Å². The van der Waals surface area contributed by atoms with E-state index in [1.807, 2.05) is 0 Å². The summed E-state index contributed by atoms with van der Waals surface area (Å²) in [5, 5.41) is 13.6. The third-order valence-corrected chi connectivity index (χ3v) is 4.05. The summed E-state index contributed by atoms with van der Waals surface area (Å²) < 4.78 is 16.6. The molecule has 1 aliphatic carbocycles. The number of anilines is 1. The van der Waals surface area contributed by atoms with Crippen LogP contribution in [0.2, 0.25) is 0 Å². The zero-order chi connectivity index (χ0) is 17.0. The van der Waals surface area contributed by atoms with Gasteiger partial charge in [-0.2, -0.15) is 0 Å². The van der Waals surface area contributed by atoms with Gasteiger partial charge in [-0.3, -0.25) is 10.1 Å². The maximum Gasteiger partial charge on any atom is 0.409 e. The van der Waals surface area contributed by atoms with Crippen LogP contribution in [0.1, 0.15) is 18.4 Å². The van der Waals surface area contributed by atoms with E-state index in [1.54, 1.807) is 18.0 Å². The monoisotopic (exact) mass is 341 g/mol. The Kier molecular flexibility index (Phi) is 5.67. The van der Waals surface area contributed by atoms with Crippen molar-refractivity contribution in [3.8, 4) is 0 Å². The number of carbonyl (C=O) groups excluding carboxylic acids is 1. The topological polar surface area (TPSA) is 108 Å². The van der Waals surface area contributed by atoms with Crippen LogP contribution < -0.4 is 10.2 Å². The normalized spacial score (nSPS) is 14.9. The van der Waals surface area contributed by atoms with E-state index in [2.05, 4.69) is 5.32 Å². The quantitative estimate of drug-likeness (QED) is 0.350. The van der Waals surface area contributed by atoms with Gasteiger partial charge >= 0.3 is 6.09 Å². The summed E-state index contributed by atoms with van der Waals surface area (Å²) in [6.45, 7) is -0.000284. The molecule has 126 valence electrons. The summed E-state index contributed by atoms with van der Waals surface area (Å²) in [6, 6.07) is 4.56. The van der Waals surface area contributed by atoms with Gasteiger partial charge in [-0.15, -0.1) is 0 Å². The molecule has 0 aliphatic heterocycles. The second kappa shape index (κ2) is 7.51. The highest BCUT2D eigenvalue weighted by Crippen LogP contribution is 2.26. The number of amides is 1. The SMILES string of the molecule is CN(COC(=O)NC1CC1)c1ccc([N+](=O)[O-])cc1C[S+](C)[O-]. The van der Waals surface area contributed by atoms with Gasteiger partial charge in [-0.1, -0.05) is 11.2 Å². The van der Waals surface area contributed by atoms with Gasteiger partial charge in [0.1, 0.15) is 5.75 Å². The van der Waals surface area contributed by atoms with Gasteiger partial charge < -0.3 is 19.5 Å². The summed E-state index contributed by atoms with van der Waals surface area (Å²) in [5.41, 5.74) is 1.16. The predicted octanol–water partition coefficient (Wildman–Crippen LogP) is 1.76. The van der Waals surface area contributed by atoms with Crippen LogP contribution in [0.25, 0.3) is 0 Å². The van der Waals surface area contributed by atoms with Crippen molar-refractivity contribution in [2.24, 2.45) is 0 Å². The molecule has 0 saturated heterocycles. The second-order valence-electron chi connectivity index (χ2n) is 5.47. The highest BCUT2D eigenvalue weighted by Gasteiger charge is 2.24. The van der Waals surface area contributed by atoms with Gasteiger partial charge in [0.05, 0.1) is 11.2 Å². The molecule has 1 atom stereocenters. The number of rotatable bonds is 7. The zero-order valence-corrected chi connectivity index (χ0v) is 13.8. The summed E-state index contributed by atoms with van der Waals surface area (Å²) in [7, 11) is 1.70. The lowest BCUT2D eigenvalue weighted by Crippen LogP contribution is -2.31. The number of nitro benzene ring substituents is 1. The smallest absolute Gasteiger partial charge is 0.409 e. The highest BCUT2D eigenvalue weighted by atomic mass is 32.2. The van der Waals surface area contributed by atoms with E-state index >= 15 is 0 Å². The Balaban J connectivity index is 2.05. The molecule has 0 radical (unpaired) electrons. The van der Waals surface area contributed by atoms with E-state index in [4.69, 9.17) is 4.74 Å². The molecule has 0 spiro atoms. The third-order valence-electron chi connectivity index (χ3n) is 3.33.